The van der Waals surface area contributed by atoms with Gasteiger partial charge in [-0.15, -0.1) is 11.3 Å². The Labute approximate surface area is 115 Å². The van der Waals surface area contributed by atoms with E-state index in [1.807, 2.05) is 6.07 Å². The van der Waals surface area contributed by atoms with Crippen LogP contribution in [0.3, 0.4) is 0 Å². The van der Waals surface area contributed by atoms with Gasteiger partial charge in [-0.3, -0.25) is 9.59 Å². The zero-order valence-electron chi connectivity index (χ0n) is 10.3. The van der Waals surface area contributed by atoms with Crippen LogP contribution in [0.2, 0.25) is 0 Å². The van der Waals surface area contributed by atoms with E-state index in [9.17, 15) is 9.59 Å². The first-order valence-corrected chi connectivity index (χ1v) is 6.71. The summed E-state index contributed by atoms with van der Waals surface area (Å²) < 4.78 is 0. The molecule has 0 aliphatic carbocycles. The van der Waals surface area contributed by atoms with Crippen LogP contribution in [-0.2, 0) is 9.59 Å². The maximum absolute atomic E-state index is 11.6. The predicted octanol–water partition coefficient (Wildman–Crippen LogP) is 1.40. The number of carboxylic acid groups (broad SMARTS) is 1. The second-order valence-corrected chi connectivity index (χ2v) is 4.74. The maximum Gasteiger partial charge on any atom is 0.303 e. The first-order valence-electron chi connectivity index (χ1n) is 5.83. The van der Waals surface area contributed by atoms with Crippen LogP contribution in [0.4, 0.5) is 5.00 Å². The molecular weight excluding hydrogens is 266 g/mol. The van der Waals surface area contributed by atoms with Gasteiger partial charge in [0.05, 0.1) is 5.56 Å². The molecule has 0 bridgehead atoms. The molecule has 1 aromatic rings. The summed E-state index contributed by atoms with van der Waals surface area (Å²) in [5.74, 6) is -0.981. The van der Waals surface area contributed by atoms with Crippen molar-refractivity contribution in [2.75, 3.05) is 18.4 Å². The summed E-state index contributed by atoms with van der Waals surface area (Å²) in [5, 5.41) is 25.2. The number of amides is 1. The molecule has 0 unspecified atom stereocenters. The van der Waals surface area contributed by atoms with Gasteiger partial charge in [-0.1, -0.05) is 0 Å². The SMILES string of the molecule is N#Cc1ccsc1NC(=O)CCNCCCC(=O)O. The van der Waals surface area contributed by atoms with Gasteiger partial charge in [-0.2, -0.15) is 5.26 Å². The minimum atomic E-state index is -0.818. The molecule has 0 spiro atoms. The van der Waals surface area contributed by atoms with Gasteiger partial charge in [0.25, 0.3) is 0 Å². The predicted molar refractivity (Wildman–Crippen MR) is 72.0 cm³/mol. The van der Waals surface area contributed by atoms with Crippen LogP contribution in [0, 0.1) is 11.3 Å². The van der Waals surface area contributed by atoms with Gasteiger partial charge in [-0.05, 0) is 24.4 Å². The highest BCUT2D eigenvalue weighted by atomic mass is 32.1. The van der Waals surface area contributed by atoms with E-state index in [1.54, 1.807) is 11.4 Å². The van der Waals surface area contributed by atoms with Crippen molar-refractivity contribution in [1.29, 1.82) is 5.26 Å². The van der Waals surface area contributed by atoms with Crippen molar-refractivity contribution in [2.45, 2.75) is 19.3 Å². The van der Waals surface area contributed by atoms with Crippen molar-refractivity contribution in [3.63, 3.8) is 0 Å². The molecule has 19 heavy (non-hydrogen) atoms. The highest BCUT2D eigenvalue weighted by Gasteiger charge is 2.07. The van der Waals surface area contributed by atoms with Crippen molar-refractivity contribution < 1.29 is 14.7 Å². The van der Waals surface area contributed by atoms with Crippen molar-refractivity contribution in [1.82, 2.24) is 5.32 Å². The van der Waals surface area contributed by atoms with E-state index in [0.29, 0.717) is 30.1 Å². The van der Waals surface area contributed by atoms with Gasteiger partial charge in [-0.25, -0.2) is 0 Å². The van der Waals surface area contributed by atoms with Crippen LogP contribution in [0.1, 0.15) is 24.8 Å². The highest BCUT2D eigenvalue weighted by Crippen LogP contribution is 2.21. The molecule has 0 saturated carbocycles. The van der Waals surface area contributed by atoms with Crippen molar-refractivity contribution in [2.24, 2.45) is 0 Å². The number of hydrogen-bond donors (Lipinski definition) is 3. The lowest BCUT2D eigenvalue weighted by Crippen LogP contribution is -2.23. The summed E-state index contributed by atoms with van der Waals surface area (Å²) in [7, 11) is 0. The average molecular weight is 281 g/mol. The lowest BCUT2D eigenvalue weighted by molar-refractivity contribution is -0.137. The Bertz CT molecular complexity index is 479. The molecule has 0 aliphatic rings. The van der Waals surface area contributed by atoms with Crippen LogP contribution in [-0.4, -0.2) is 30.1 Å². The lowest BCUT2D eigenvalue weighted by Gasteiger charge is -2.04. The normalized spacial score (nSPS) is 9.84. The number of carboxylic acids is 1. The molecule has 6 nitrogen and oxygen atoms in total. The van der Waals surface area contributed by atoms with E-state index in [0.717, 1.165) is 0 Å². The number of aliphatic carboxylic acids is 1. The first-order chi connectivity index (χ1) is 9.13. The Kier molecular flexibility index (Phi) is 6.57. The van der Waals surface area contributed by atoms with Crippen molar-refractivity contribution in [3.8, 4) is 6.07 Å². The fourth-order valence-corrected chi connectivity index (χ4v) is 2.13. The number of carbonyl (C=O) groups is 2. The number of rotatable bonds is 8. The van der Waals surface area contributed by atoms with Crippen LogP contribution in [0.5, 0.6) is 0 Å². The smallest absolute Gasteiger partial charge is 0.303 e. The number of carbonyl (C=O) groups excluding carboxylic acids is 1. The van der Waals surface area contributed by atoms with Crippen LogP contribution in [0.25, 0.3) is 0 Å². The zero-order chi connectivity index (χ0) is 14.1. The number of nitrogens with one attached hydrogen (secondary N) is 2. The van der Waals surface area contributed by atoms with Crippen LogP contribution < -0.4 is 10.6 Å². The average Bonchev–Trinajstić information content (AvgIpc) is 2.80. The Hall–Kier alpha value is -1.91. The lowest BCUT2D eigenvalue weighted by atomic mass is 10.3. The van der Waals surface area contributed by atoms with Crippen molar-refractivity contribution in [3.05, 3.63) is 17.0 Å². The Morgan fingerprint density at radius 3 is 2.84 bits per heavy atom. The van der Waals surface area contributed by atoms with E-state index in [2.05, 4.69) is 10.6 Å². The molecule has 0 fully saturated rings. The molecule has 102 valence electrons. The number of hydrogen-bond acceptors (Lipinski definition) is 5. The summed E-state index contributed by atoms with van der Waals surface area (Å²) in [6, 6.07) is 3.66. The molecule has 1 heterocycles. The zero-order valence-corrected chi connectivity index (χ0v) is 11.1. The number of nitrogens with zero attached hydrogens (tertiary/aromatic N) is 1. The fraction of sp³-hybridized carbons (Fsp3) is 0.417. The molecule has 0 aromatic carbocycles. The largest absolute Gasteiger partial charge is 0.481 e. The summed E-state index contributed by atoms with van der Waals surface area (Å²) in [6.07, 6.45) is 0.955. The van der Waals surface area contributed by atoms with Crippen LogP contribution in [0.15, 0.2) is 11.4 Å². The molecule has 0 radical (unpaired) electrons. The third-order valence-electron chi connectivity index (χ3n) is 2.31. The molecular formula is C12H15N3O3S. The quantitative estimate of drug-likeness (QED) is 0.625. The van der Waals surface area contributed by atoms with Gasteiger partial charge in [0.1, 0.15) is 11.1 Å². The van der Waals surface area contributed by atoms with E-state index in [1.165, 1.54) is 11.3 Å². The molecule has 7 heteroatoms. The van der Waals surface area contributed by atoms with Crippen LogP contribution >= 0.6 is 11.3 Å². The number of nitriles is 1. The summed E-state index contributed by atoms with van der Waals surface area (Å²) >= 11 is 1.31. The second kappa shape index (κ2) is 8.24. The van der Waals surface area contributed by atoms with E-state index in [-0.39, 0.29) is 18.7 Å². The molecule has 0 atom stereocenters. The monoisotopic (exact) mass is 281 g/mol. The standard InChI is InChI=1S/C12H15N3O3S/c13-8-9-4-7-19-12(9)15-10(16)3-6-14-5-1-2-11(17)18/h4,7,14H,1-3,5-6H2,(H,15,16)(H,17,18). The van der Waals surface area contributed by atoms with E-state index >= 15 is 0 Å². The third-order valence-corrected chi connectivity index (χ3v) is 3.14. The second-order valence-electron chi connectivity index (χ2n) is 3.82. The summed E-state index contributed by atoms with van der Waals surface area (Å²) in [5.41, 5.74) is 0.466. The van der Waals surface area contributed by atoms with Gasteiger partial charge < -0.3 is 15.7 Å². The molecule has 1 amide bonds. The number of anilines is 1. The number of thiophene rings is 1. The first kappa shape index (κ1) is 15.1. The fourth-order valence-electron chi connectivity index (χ4n) is 1.37. The molecule has 1 aromatic heterocycles. The summed E-state index contributed by atoms with van der Waals surface area (Å²) in [6.45, 7) is 1.06. The molecule has 0 saturated heterocycles. The topological polar surface area (TPSA) is 102 Å². The van der Waals surface area contributed by atoms with Gasteiger partial charge >= 0.3 is 5.97 Å². The Morgan fingerprint density at radius 2 is 2.16 bits per heavy atom. The van der Waals surface area contributed by atoms with E-state index < -0.39 is 5.97 Å². The Balaban J connectivity index is 2.15. The van der Waals surface area contributed by atoms with Crippen molar-refractivity contribution >= 4 is 28.2 Å². The maximum atomic E-state index is 11.6. The molecule has 0 aliphatic heterocycles. The molecule has 3 N–H and O–H groups in total. The van der Waals surface area contributed by atoms with Gasteiger partial charge in [0.2, 0.25) is 5.91 Å². The minimum absolute atomic E-state index is 0.125. The third kappa shape index (κ3) is 5.99. The minimum Gasteiger partial charge on any atom is -0.481 e. The van der Waals surface area contributed by atoms with Gasteiger partial charge in [0, 0.05) is 19.4 Å². The summed E-state index contributed by atoms with van der Waals surface area (Å²) in [4.78, 5) is 21.8. The highest BCUT2D eigenvalue weighted by molar-refractivity contribution is 7.14. The molecule has 1 rings (SSSR count). The van der Waals surface area contributed by atoms with E-state index in [4.69, 9.17) is 10.4 Å². The van der Waals surface area contributed by atoms with Gasteiger partial charge in [0.15, 0.2) is 0 Å². The Morgan fingerprint density at radius 1 is 1.37 bits per heavy atom.